The normalized spacial score (nSPS) is 13.8. The van der Waals surface area contributed by atoms with Crippen LogP contribution in [0, 0.1) is 5.92 Å². The molecule has 0 radical (unpaired) electrons. The molecule has 1 atom stereocenters. The van der Waals surface area contributed by atoms with Gasteiger partial charge in [-0.1, -0.05) is 13.8 Å². The minimum atomic E-state index is -0.221. The summed E-state index contributed by atoms with van der Waals surface area (Å²) in [7, 11) is 0. The van der Waals surface area contributed by atoms with Gasteiger partial charge < -0.3 is 16.8 Å². The van der Waals surface area contributed by atoms with Crippen LogP contribution in [0.3, 0.4) is 0 Å². The summed E-state index contributed by atoms with van der Waals surface area (Å²) in [5, 5.41) is 3.20. The first-order valence-electron chi connectivity index (χ1n) is 5.79. The van der Waals surface area contributed by atoms with Crippen LogP contribution in [0.4, 0.5) is 0 Å². The number of primary amides is 1. The fraction of sp³-hybridized carbons (Fsp3) is 0.909. The van der Waals surface area contributed by atoms with E-state index in [4.69, 9.17) is 11.5 Å². The number of nitrogens with two attached hydrogens (primary N) is 2. The molecule has 0 aliphatic carbocycles. The van der Waals surface area contributed by atoms with E-state index in [0.29, 0.717) is 6.54 Å². The highest BCUT2D eigenvalue weighted by Gasteiger charge is 2.23. The molecule has 1 amide bonds. The molecular formula is C11H25N3OS. The van der Waals surface area contributed by atoms with Crippen molar-refractivity contribution in [2.75, 3.05) is 19.6 Å². The van der Waals surface area contributed by atoms with Gasteiger partial charge in [0.05, 0.1) is 0 Å². The lowest BCUT2D eigenvalue weighted by Gasteiger charge is -2.23. The molecule has 5 N–H and O–H groups in total. The number of rotatable bonds is 9. The quantitative estimate of drug-likeness (QED) is 0.354. The maximum Gasteiger partial charge on any atom is 0.220 e. The number of carbonyl (C=O) groups is 1. The van der Waals surface area contributed by atoms with Crippen molar-refractivity contribution in [1.29, 1.82) is 0 Å². The first-order chi connectivity index (χ1) is 7.37. The van der Waals surface area contributed by atoms with Crippen LogP contribution < -0.4 is 16.8 Å². The average molecular weight is 247 g/mol. The molecule has 96 valence electrons. The Kier molecular flexibility index (Phi) is 7.80. The van der Waals surface area contributed by atoms with E-state index in [9.17, 15) is 4.79 Å². The molecule has 5 heteroatoms. The molecule has 16 heavy (non-hydrogen) atoms. The molecule has 0 bridgehead atoms. The number of nitrogens with one attached hydrogen (secondary N) is 1. The number of thiol groups is 1. The molecule has 0 aromatic carbocycles. The van der Waals surface area contributed by atoms with Crippen molar-refractivity contribution in [3.8, 4) is 0 Å². The van der Waals surface area contributed by atoms with Crippen molar-refractivity contribution in [3.05, 3.63) is 0 Å². The van der Waals surface area contributed by atoms with Crippen LogP contribution in [-0.2, 0) is 4.79 Å². The Balaban J connectivity index is 3.83. The van der Waals surface area contributed by atoms with Crippen molar-refractivity contribution in [2.45, 2.75) is 37.9 Å². The standard InChI is InChI=1S/C11H25N3OS/c1-11(2,16)8-9(10(13)15)4-3-6-14-7-5-12/h9,14,16H,3-8,12H2,1-2H3,(H2,13,15). The molecule has 1 unspecified atom stereocenters. The molecule has 0 rings (SSSR count). The largest absolute Gasteiger partial charge is 0.369 e. The van der Waals surface area contributed by atoms with E-state index >= 15 is 0 Å². The maximum absolute atomic E-state index is 11.2. The summed E-state index contributed by atoms with van der Waals surface area (Å²) in [6.07, 6.45) is 2.48. The summed E-state index contributed by atoms with van der Waals surface area (Å²) in [4.78, 5) is 11.2. The number of carbonyl (C=O) groups excluding carboxylic acids is 1. The number of amides is 1. The van der Waals surface area contributed by atoms with Gasteiger partial charge in [-0.05, 0) is 25.8 Å². The molecule has 0 heterocycles. The van der Waals surface area contributed by atoms with Gasteiger partial charge in [0.2, 0.25) is 5.91 Å². The zero-order valence-electron chi connectivity index (χ0n) is 10.3. The van der Waals surface area contributed by atoms with Gasteiger partial charge >= 0.3 is 0 Å². The smallest absolute Gasteiger partial charge is 0.220 e. The fourth-order valence-electron chi connectivity index (χ4n) is 1.65. The van der Waals surface area contributed by atoms with Gasteiger partial charge in [0, 0.05) is 23.8 Å². The molecule has 0 spiro atoms. The SMILES string of the molecule is CC(C)(S)CC(CCCNCCN)C(N)=O. The second kappa shape index (κ2) is 7.92. The first kappa shape index (κ1) is 15.7. The lowest BCUT2D eigenvalue weighted by Crippen LogP contribution is -2.30. The second-order valence-corrected chi connectivity index (χ2v) is 6.01. The Morgan fingerprint density at radius 1 is 1.44 bits per heavy atom. The van der Waals surface area contributed by atoms with Crippen molar-refractivity contribution in [3.63, 3.8) is 0 Å². The molecule has 0 saturated carbocycles. The Labute approximate surface area is 104 Å². The molecular weight excluding hydrogens is 222 g/mol. The van der Waals surface area contributed by atoms with E-state index in [1.165, 1.54) is 0 Å². The summed E-state index contributed by atoms with van der Waals surface area (Å²) in [6, 6.07) is 0. The first-order valence-corrected chi connectivity index (χ1v) is 6.24. The molecule has 0 fully saturated rings. The highest BCUT2D eigenvalue weighted by atomic mass is 32.1. The summed E-state index contributed by atoms with van der Waals surface area (Å²) < 4.78 is -0.148. The van der Waals surface area contributed by atoms with E-state index in [0.717, 1.165) is 32.4 Å². The van der Waals surface area contributed by atoms with E-state index in [-0.39, 0.29) is 16.6 Å². The topological polar surface area (TPSA) is 81.1 Å². The maximum atomic E-state index is 11.2. The van der Waals surface area contributed by atoms with Crippen LogP contribution in [0.15, 0.2) is 0 Å². The van der Waals surface area contributed by atoms with Crippen LogP contribution in [0.1, 0.15) is 33.1 Å². The van der Waals surface area contributed by atoms with Gasteiger partial charge in [-0.25, -0.2) is 0 Å². The van der Waals surface area contributed by atoms with Crippen LogP contribution in [-0.4, -0.2) is 30.3 Å². The van der Waals surface area contributed by atoms with Gasteiger partial charge in [-0.15, -0.1) is 0 Å². The molecule has 0 aliphatic heterocycles. The Hall–Kier alpha value is -0.260. The van der Waals surface area contributed by atoms with Gasteiger partial charge in [-0.3, -0.25) is 4.79 Å². The Bertz CT molecular complexity index is 204. The monoisotopic (exact) mass is 247 g/mol. The minimum absolute atomic E-state index is 0.0767. The van der Waals surface area contributed by atoms with Crippen molar-refractivity contribution >= 4 is 18.5 Å². The van der Waals surface area contributed by atoms with Crippen LogP contribution in [0.5, 0.6) is 0 Å². The third-order valence-electron chi connectivity index (χ3n) is 2.38. The highest BCUT2D eigenvalue weighted by molar-refractivity contribution is 7.81. The minimum Gasteiger partial charge on any atom is -0.369 e. The van der Waals surface area contributed by atoms with Crippen LogP contribution in [0.2, 0.25) is 0 Å². The van der Waals surface area contributed by atoms with Gasteiger partial charge in [0.1, 0.15) is 0 Å². The molecule has 0 aromatic rings. The molecule has 0 saturated heterocycles. The van der Waals surface area contributed by atoms with Gasteiger partial charge in [0.15, 0.2) is 0 Å². The average Bonchev–Trinajstić information content (AvgIpc) is 2.13. The lowest BCUT2D eigenvalue weighted by atomic mass is 9.92. The fourth-order valence-corrected chi connectivity index (χ4v) is 1.87. The summed E-state index contributed by atoms with van der Waals surface area (Å²) in [5.74, 6) is -0.298. The zero-order valence-corrected chi connectivity index (χ0v) is 11.2. The molecule has 0 aromatic heterocycles. The van der Waals surface area contributed by atoms with E-state index in [1.54, 1.807) is 0 Å². The van der Waals surface area contributed by atoms with Gasteiger partial charge in [0.25, 0.3) is 0 Å². The molecule has 4 nitrogen and oxygen atoms in total. The summed E-state index contributed by atoms with van der Waals surface area (Å²) >= 11 is 4.43. The highest BCUT2D eigenvalue weighted by Crippen LogP contribution is 2.25. The van der Waals surface area contributed by atoms with Crippen molar-refractivity contribution < 1.29 is 4.79 Å². The third kappa shape index (κ3) is 9.00. The van der Waals surface area contributed by atoms with E-state index < -0.39 is 0 Å². The van der Waals surface area contributed by atoms with Crippen molar-refractivity contribution in [1.82, 2.24) is 5.32 Å². The Morgan fingerprint density at radius 2 is 2.06 bits per heavy atom. The zero-order chi connectivity index (χ0) is 12.6. The molecule has 0 aliphatic rings. The second-order valence-electron chi connectivity index (χ2n) is 4.80. The predicted octanol–water partition coefficient (Wildman–Crippen LogP) is 0.515. The predicted molar refractivity (Wildman–Crippen MR) is 71.5 cm³/mol. The lowest BCUT2D eigenvalue weighted by molar-refractivity contribution is -0.122. The Morgan fingerprint density at radius 3 is 2.50 bits per heavy atom. The number of hydrogen-bond donors (Lipinski definition) is 4. The van der Waals surface area contributed by atoms with E-state index in [1.807, 2.05) is 13.8 Å². The number of hydrogen-bond acceptors (Lipinski definition) is 4. The van der Waals surface area contributed by atoms with Crippen molar-refractivity contribution in [2.24, 2.45) is 17.4 Å². The third-order valence-corrected chi connectivity index (χ3v) is 2.56. The van der Waals surface area contributed by atoms with E-state index in [2.05, 4.69) is 17.9 Å². The summed E-state index contributed by atoms with van der Waals surface area (Å²) in [5.41, 5.74) is 10.7. The van der Waals surface area contributed by atoms with Gasteiger partial charge in [-0.2, -0.15) is 12.6 Å². The summed E-state index contributed by atoms with van der Waals surface area (Å²) in [6.45, 7) is 6.34. The van der Waals surface area contributed by atoms with Crippen LogP contribution >= 0.6 is 12.6 Å². The van der Waals surface area contributed by atoms with Crippen LogP contribution in [0.25, 0.3) is 0 Å².